The summed E-state index contributed by atoms with van der Waals surface area (Å²) >= 11 is 0. The van der Waals surface area contributed by atoms with Gasteiger partial charge in [-0.1, -0.05) is 44.7 Å². The molecule has 0 amide bonds. The molecule has 3 heteroatoms. The van der Waals surface area contributed by atoms with E-state index in [1.165, 1.54) is 24.8 Å². The third kappa shape index (κ3) is 5.85. The molecule has 25 heavy (non-hydrogen) atoms. The first-order chi connectivity index (χ1) is 12.1. The van der Waals surface area contributed by atoms with Crippen molar-refractivity contribution in [2.75, 3.05) is 13.7 Å². The fourth-order valence-electron chi connectivity index (χ4n) is 4.05. The van der Waals surface area contributed by atoms with E-state index in [0.717, 1.165) is 50.8 Å². The molecule has 0 saturated heterocycles. The first-order valence-electron chi connectivity index (χ1n) is 10.0. The lowest BCUT2D eigenvalue weighted by Gasteiger charge is -2.32. The lowest BCUT2D eigenvalue weighted by molar-refractivity contribution is -0.123. The summed E-state index contributed by atoms with van der Waals surface area (Å²) in [4.78, 5) is 12.3. The van der Waals surface area contributed by atoms with Crippen LogP contribution in [0.2, 0.25) is 0 Å². The Labute approximate surface area is 153 Å². The topological polar surface area (TPSA) is 38.3 Å². The molecule has 1 N–H and O–H groups in total. The van der Waals surface area contributed by atoms with Crippen LogP contribution in [0.3, 0.4) is 0 Å². The van der Waals surface area contributed by atoms with Crippen molar-refractivity contribution in [2.24, 2.45) is 5.92 Å². The number of carbonyl (C=O) groups is 1. The Bertz CT molecular complexity index is 519. The van der Waals surface area contributed by atoms with E-state index in [2.05, 4.69) is 31.3 Å². The molecular weight excluding hydrogens is 310 g/mol. The monoisotopic (exact) mass is 345 g/mol. The molecule has 0 spiro atoms. The van der Waals surface area contributed by atoms with E-state index < -0.39 is 0 Å². The van der Waals surface area contributed by atoms with E-state index >= 15 is 0 Å². The Kier molecular flexibility index (Phi) is 7.95. The number of hydrogen-bond donors (Lipinski definition) is 1. The minimum Gasteiger partial charge on any atom is -0.497 e. The van der Waals surface area contributed by atoms with Gasteiger partial charge in [-0.15, -0.1) is 0 Å². The maximum atomic E-state index is 12.3. The molecule has 0 bridgehead atoms. The fraction of sp³-hybridized carbons (Fsp3) is 0.682. The molecule has 0 radical (unpaired) electrons. The second-order valence-corrected chi connectivity index (χ2v) is 7.64. The number of methoxy groups -OCH3 is 1. The molecule has 1 fully saturated rings. The predicted molar refractivity (Wildman–Crippen MR) is 104 cm³/mol. The molecule has 3 nitrogen and oxygen atoms in total. The van der Waals surface area contributed by atoms with Crippen LogP contribution in [0.5, 0.6) is 5.75 Å². The molecular formula is C22H35NO2. The summed E-state index contributed by atoms with van der Waals surface area (Å²) in [5, 5.41) is 3.72. The van der Waals surface area contributed by atoms with E-state index in [1.807, 2.05) is 12.1 Å². The predicted octanol–water partition coefficient (Wildman–Crippen LogP) is 5.23. The van der Waals surface area contributed by atoms with Crippen LogP contribution in [0.25, 0.3) is 0 Å². The summed E-state index contributed by atoms with van der Waals surface area (Å²) in [5.41, 5.74) is 1.24. The van der Waals surface area contributed by atoms with Gasteiger partial charge in [0.2, 0.25) is 0 Å². The zero-order valence-corrected chi connectivity index (χ0v) is 16.3. The van der Waals surface area contributed by atoms with E-state index in [-0.39, 0.29) is 5.54 Å². The summed E-state index contributed by atoms with van der Waals surface area (Å²) in [6.07, 6.45) is 9.88. The van der Waals surface area contributed by atoms with Crippen LogP contribution in [0.1, 0.15) is 77.2 Å². The van der Waals surface area contributed by atoms with Crippen LogP contribution < -0.4 is 10.1 Å². The van der Waals surface area contributed by atoms with Crippen LogP contribution in [0, 0.1) is 5.92 Å². The van der Waals surface area contributed by atoms with Gasteiger partial charge in [0.05, 0.1) is 7.11 Å². The van der Waals surface area contributed by atoms with Crippen molar-refractivity contribution in [3.8, 4) is 5.75 Å². The molecule has 1 aromatic rings. The molecule has 0 aliphatic heterocycles. The van der Waals surface area contributed by atoms with Gasteiger partial charge in [-0.2, -0.15) is 0 Å². The van der Waals surface area contributed by atoms with Crippen molar-refractivity contribution >= 4 is 5.78 Å². The van der Waals surface area contributed by atoms with Gasteiger partial charge in [0.25, 0.3) is 0 Å². The highest BCUT2D eigenvalue weighted by Crippen LogP contribution is 2.28. The summed E-state index contributed by atoms with van der Waals surface area (Å²) in [7, 11) is 1.70. The summed E-state index contributed by atoms with van der Waals surface area (Å²) in [5.74, 6) is 1.72. The van der Waals surface area contributed by atoms with Gasteiger partial charge >= 0.3 is 0 Å². The number of rotatable bonds is 10. The summed E-state index contributed by atoms with van der Waals surface area (Å²) in [6.45, 7) is 5.37. The number of benzene rings is 1. The Morgan fingerprint density at radius 1 is 1.20 bits per heavy atom. The highest BCUT2D eigenvalue weighted by atomic mass is 16.5. The zero-order chi connectivity index (χ0) is 18.1. The molecule has 2 rings (SSSR count). The number of ketones is 1. The first-order valence-corrected chi connectivity index (χ1v) is 10.0. The van der Waals surface area contributed by atoms with Crippen LogP contribution in [-0.4, -0.2) is 19.4 Å². The zero-order valence-electron chi connectivity index (χ0n) is 16.3. The van der Waals surface area contributed by atoms with Crippen molar-refractivity contribution in [1.29, 1.82) is 0 Å². The number of Topliss-reactive ketones (excluding diaryl/α,β-unsaturated/α-hetero) is 1. The van der Waals surface area contributed by atoms with Gasteiger partial charge in [-0.05, 0) is 56.8 Å². The quantitative estimate of drug-likeness (QED) is 0.590. The van der Waals surface area contributed by atoms with Crippen LogP contribution in [0.4, 0.5) is 0 Å². The van der Waals surface area contributed by atoms with Crippen LogP contribution >= 0.6 is 0 Å². The SMILES string of the molecule is CCCC(C)(NCCCC(=O)C1CCCCC1)c1ccc(OC)cc1. The Morgan fingerprint density at radius 2 is 1.88 bits per heavy atom. The van der Waals surface area contributed by atoms with Gasteiger partial charge in [0.15, 0.2) is 0 Å². The number of ether oxygens (including phenoxy) is 1. The van der Waals surface area contributed by atoms with Gasteiger partial charge in [-0.25, -0.2) is 0 Å². The maximum absolute atomic E-state index is 12.3. The average Bonchev–Trinajstić information content (AvgIpc) is 2.66. The average molecular weight is 346 g/mol. The van der Waals surface area contributed by atoms with Crippen molar-refractivity contribution in [3.05, 3.63) is 29.8 Å². The molecule has 0 aromatic heterocycles. The van der Waals surface area contributed by atoms with E-state index in [4.69, 9.17) is 4.74 Å². The van der Waals surface area contributed by atoms with Crippen molar-refractivity contribution in [1.82, 2.24) is 5.32 Å². The molecule has 1 unspecified atom stereocenters. The van der Waals surface area contributed by atoms with Crippen molar-refractivity contribution in [2.45, 2.75) is 77.2 Å². The molecule has 1 aliphatic rings. The van der Waals surface area contributed by atoms with E-state index in [1.54, 1.807) is 7.11 Å². The highest BCUT2D eigenvalue weighted by Gasteiger charge is 2.25. The normalized spacial score (nSPS) is 17.9. The minimum atomic E-state index is -0.0467. The molecule has 1 saturated carbocycles. The third-order valence-electron chi connectivity index (χ3n) is 5.65. The summed E-state index contributed by atoms with van der Waals surface area (Å²) in [6, 6.07) is 8.35. The van der Waals surface area contributed by atoms with Gasteiger partial charge < -0.3 is 10.1 Å². The maximum Gasteiger partial charge on any atom is 0.136 e. The molecule has 1 aliphatic carbocycles. The van der Waals surface area contributed by atoms with Crippen LogP contribution in [0.15, 0.2) is 24.3 Å². The molecule has 140 valence electrons. The fourth-order valence-corrected chi connectivity index (χ4v) is 4.05. The number of hydrogen-bond acceptors (Lipinski definition) is 3. The highest BCUT2D eigenvalue weighted by molar-refractivity contribution is 5.81. The second-order valence-electron chi connectivity index (χ2n) is 7.64. The number of carbonyl (C=O) groups excluding carboxylic acids is 1. The molecule has 1 atom stereocenters. The summed E-state index contributed by atoms with van der Waals surface area (Å²) < 4.78 is 5.27. The second kappa shape index (κ2) is 9.96. The van der Waals surface area contributed by atoms with Crippen molar-refractivity contribution < 1.29 is 9.53 Å². The van der Waals surface area contributed by atoms with Gasteiger partial charge in [-0.3, -0.25) is 4.79 Å². The van der Waals surface area contributed by atoms with Crippen LogP contribution in [-0.2, 0) is 10.3 Å². The lowest BCUT2D eigenvalue weighted by Crippen LogP contribution is -2.40. The van der Waals surface area contributed by atoms with E-state index in [0.29, 0.717) is 11.7 Å². The smallest absolute Gasteiger partial charge is 0.136 e. The molecule has 0 heterocycles. The standard InChI is InChI=1S/C22H35NO2/c1-4-16-22(2,19-12-14-20(25-3)15-13-19)23-17-8-11-21(24)18-9-6-5-7-10-18/h12-15,18,23H,4-11,16-17H2,1-3H3. The lowest BCUT2D eigenvalue weighted by atomic mass is 9.84. The van der Waals surface area contributed by atoms with E-state index in [9.17, 15) is 4.79 Å². The van der Waals surface area contributed by atoms with Gasteiger partial charge in [0.1, 0.15) is 11.5 Å². The largest absolute Gasteiger partial charge is 0.497 e. The molecule has 1 aromatic carbocycles. The Morgan fingerprint density at radius 3 is 2.48 bits per heavy atom. The number of nitrogens with one attached hydrogen (secondary N) is 1. The minimum absolute atomic E-state index is 0.0467. The third-order valence-corrected chi connectivity index (χ3v) is 5.65. The van der Waals surface area contributed by atoms with Crippen molar-refractivity contribution in [3.63, 3.8) is 0 Å². The first kappa shape index (κ1) is 20.0. The Hall–Kier alpha value is -1.35. The van der Waals surface area contributed by atoms with Gasteiger partial charge in [0, 0.05) is 17.9 Å². The Balaban J connectivity index is 1.84.